The van der Waals surface area contributed by atoms with Crippen LogP contribution in [0.5, 0.6) is 0 Å². The molecule has 1 N–H and O–H groups in total. The number of rotatable bonds is 14. The number of imidazole rings is 2. The lowest BCUT2D eigenvalue weighted by atomic mass is 10.3. The molecule has 0 aliphatic carbocycles. The first-order valence-electron chi connectivity index (χ1n) is 9.75. The highest BCUT2D eigenvalue weighted by Crippen LogP contribution is 2.20. The van der Waals surface area contributed by atoms with E-state index in [1.165, 1.54) is 33.7 Å². The summed E-state index contributed by atoms with van der Waals surface area (Å²) in [6.07, 6.45) is 6.87. The van der Waals surface area contributed by atoms with Gasteiger partial charge >= 0.3 is 11.9 Å². The molecule has 0 radical (unpaired) electrons. The van der Waals surface area contributed by atoms with Crippen molar-refractivity contribution in [1.82, 2.24) is 34.8 Å². The van der Waals surface area contributed by atoms with Crippen LogP contribution in [0.15, 0.2) is 18.5 Å². The van der Waals surface area contributed by atoms with Crippen molar-refractivity contribution < 1.29 is 14.7 Å². The van der Waals surface area contributed by atoms with Crippen LogP contribution in [-0.4, -0.2) is 65.3 Å². The van der Waals surface area contributed by atoms with Gasteiger partial charge in [-0.25, -0.2) is 14.6 Å². The Bertz CT molecular complexity index is 945. The second kappa shape index (κ2) is 12.2. The molecule has 2 aromatic heterocycles. The van der Waals surface area contributed by atoms with Gasteiger partial charge in [-0.1, -0.05) is 16.9 Å². The Kier molecular flexibility index (Phi) is 9.67. The normalized spacial score (nSPS) is 11.8. The molecule has 0 aromatic carbocycles. The summed E-state index contributed by atoms with van der Waals surface area (Å²) in [5, 5.41) is 25.5. The van der Waals surface area contributed by atoms with Crippen LogP contribution in [0.2, 0.25) is 0 Å². The lowest BCUT2D eigenvalue weighted by Crippen LogP contribution is -2.49. The van der Waals surface area contributed by atoms with Crippen molar-refractivity contribution >= 4 is 29.6 Å². The fourth-order valence-corrected chi connectivity index (χ4v) is 2.91. The fraction of sp³-hybridized carbons (Fsp3) is 0.529. The molecule has 0 saturated carbocycles. The van der Waals surface area contributed by atoms with Crippen LogP contribution in [0.4, 0.5) is 11.9 Å². The first-order chi connectivity index (χ1) is 15.3. The molecule has 0 unspecified atom stereocenters. The van der Waals surface area contributed by atoms with E-state index in [0.717, 1.165) is 13.0 Å². The van der Waals surface area contributed by atoms with E-state index >= 15 is 0 Å². The van der Waals surface area contributed by atoms with Gasteiger partial charge in [0.15, 0.2) is 5.69 Å². The molecule has 0 aliphatic heterocycles. The molecule has 0 bridgehead atoms. The molecule has 0 amide bonds. The van der Waals surface area contributed by atoms with E-state index in [4.69, 9.17) is 16.4 Å². The van der Waals surface area contributed by atoms with Gasteiger partial charge < -0.3 is 20.2 Å². The van der Waals surface area contributed by atoms with Gasteiger partial charge in [0.25, 0.3) is 0 Å². The van der Waals surface area contributed by atoms with Crippen molar-refractivity contribution in [2.45, 2.75) is 26.5 Å². The van der Waals surface area contributed by atoms with Crippen molar-refractivity contribution in [3.05, 3.63) is 50.1 Å². The molecule has 2 aromatic rings. The van der Waals surface area contributed by atoms with E-state index in [-0.39, 0.29) is 25.0 Å². The van der Waals surface area contributed by atoms with E-state index in [0.29, 0.717) is 23.8 Å². The third-order valence-corrected chi connectivity index (χ3v) is 4.54. The maximum absolute atomic E-state index is 11.4. The number of hydroxylamine groups is 1. The van der Waals surface area contributed by atoms with E-state index < -0.39 is 9.85 Å². The topological polar surface area (TPSA) is 150 Å². The number of hydrogen-bond acceptors (Lipinski definition) is 10. The molecule has 14 nitrogen and oxygen atoms in total. The van der Waals surface area contributed by atoms with Gasteiger partial charge in [-0.2, -0.15) is 5.12 Å². The lowest BCUT2D eigenvalue weighted by Gasteiger charge is -2.30. The summed E-state index contributed by atoms with van der Waals surface area (Å²) in [5.74, 6) is -0.345. The number of nitrogens with one attached hydrogen (secondary N) is 1. The third-order valence-electron chi connectivity index (χ3n) is 4.37. The first-order valence-corrected chi connectivity index (χ1v) is 10.3. The van der Waals surface area contributed by atoms with Gasteiger partial charge in [-0.05, 0) is 28.4 Å². The average molecular weight is 472 g/mol. The molecule has 0 aliphatic rings. The molecule has 176 valence electrons. The largest absolute Gasteiger partial charge is 0.435 e. The first kappa shape index (κ1) is 25.4. The number of hydrazine groups is 2. The fourth-order valence-electron chi connectivity index (χ4n) is 2.76. The van der Waals surface area contributed by atoms with E-state index in [1.54, 1.807) is 24.3 Å². The summed E-state index contributed by atoms with van der Waals surface area (Å²) in [7, 11) is 3.29. The summed E-state index contributed by atoms with van der Waals surface area (Å²) in [6.45, 7) is 3.26. The number of halogens is 1. The van der Waals surface area contributed by atoms with Crippen molar-refractivity contribution in [2.24, 2.45) is 7.05 Å². The second-order valence-electron chi connectivity index (χ2n) is 6.57. The average Bonchev–Trinajstić information content (AvgIpc) is 3.34. The Labute approximate surface area is 189 Å². The van der Waals surface area contributed by atoms with Gasteiger partial charge in [0.05, 0.1) is 20.1 Å². The standard InChI is InChI=1S/C17H26ClN9O5/c1-4-8-20-23(3)25(11-7-18)32-13-15-14(21-17(22(15)2)27(30)31)6-5-10-24-12-9-19-16(24)26(28)29/h5-6,9,12,20H,4,7-8,10-11,13H2,1-3H3/b6-5+. The van der Waals surface area contributed by atoms with Crippen LogP contribution in [0.3, 0.4) is 0 Å². The number of aromatic nitrogens is 4. The number of allylic oxidation sites excluding steroid dienone is 1. The Balaban J connectivity index is 2.21. The minimum atomic E-state index is -0.590. The molecule has 15 heteroatoms. The number of hydrogen-bond donors (Lipinski definition) is 1. The van der Waals surface area contributed by atoms with Crippen LogP contribution in [0, 0.1) is 20.2 Å². The summed E-state index contributed by atoms with van der Waals surface area (Å²) < 4.78 is 2.66. The van der Waals surface area contributed by atoms with Gasteiger partial charge in [0.2, 0.25) is 0 Å². The van der Waals surface area contributed by atoms with Crippen LogP contribution in [0.1, 0.15) is 24.7 Å². The molecular formula is C17H26ClN9O5. The minimum absolute atomic E-state index is 0.0166. The minimum Gasteiger partial charge on any atom is -0.390 e. The van der Waals surface area contributed by atoms with Crippen LogP contribution in [-0.2, 0) is 25.0 Å². The Morgan fingerprint density at radius 2 is 2.03 bits per heavy atom. The smallest absolute Gasteiger partial charge is 0.390 e. The summed E-state index contributed by atoms with van der Waals surface area (Å²) in [6, 6.07) is 0. The highest BCUT2D eigenvalue weighted by atomic mass is 35.5. The number of alkyl halides is 1. The predicted molar refractivity (Wildman–Crippen MR) is 116 cm³/mol. The molecule has 0 saturated heterocycles. The maximum Gasteiger partial charge on any atom is 0.435 e. The second-order valence-corrected chi connectivity index (χ2v) is 6.95. The van der Waals surface area contributed by atoms with Crippen molar-refractivity contribution in [3.8, 4) is 0 Å². The quantitative estimate of drug-likeness (QED) is 0.245. The molecule has 2 rings (SSSR count). The summed E-state index contributed by atoms with van der Waals surface area (Å²) in [4.78, 5) is 34.7. The maximum atomic E-state index is 11.4. The zero-order valence-corrected chi connectivity index (χ0v) is 18.8. The zero-order chi connectivity index (χ0) is 23.7. The molecule has 0 fully saturated rings. The van der Waals surface area contributed by atoms with Gasteiger partial charge in [0.1, 0.15) is 24.7 Å². The zero-order valence-electron chi connectivity index (χ0n) is 18.0. The Morgan fingerprint density at radius 3 is 2.66 bits per heavy atom. The highest BCUT2D eigenvalue weighted by molar-refractivity contribution is 6.18. The van der Waals surface area contributed by atoms with Crippen LogP contribution < -0.4 is 5.43 Å². The monoisotopic (exact) mass is 471 g/mol. The molecule has 0 atom stereocenters. The van der Waals surface area contributed by atoms with Crippen molar-refractivity contribution in [2.75, 3.05) is 26.0 Å². The van der Waals surface area contributed by atoms with Crippen molar-refractivity contribution in [3.63, 3.8) is 0 Å². The van der Waals surface area contributed by atoms with Gasteiger partial charge in [0, 0.05) is 19.5 Å². The predicted octanol–water partition coefficient (Wildman–Crippen LogP) is 1.88. The summed E-state index contributed by atoms with van der Waals surface area (Å²) in [5.41, 5.74) is 3.91. The SMILES string of the molecule is CCCNN(C)N(CCCl)OCc1c(/C=C/Cn2ccnc2[N+](=O)[O-])nc([N+](=O)[O-])n1C. The summed E-state index contributed by atoms with van der Waals surface area (Å²) >= 11 is 5.87. The number of nitrogens with zero attached hydrogens (tertiary/aromatic N) is 8. The third kappa shape index (κ3) is 6.54. The van der Waals surface area contributed by atoms with E-state index in [2.05, 4.69) is 15.4 Å². The lowest BCUT2D eigenvalue weighted by molar-refractivity contribution is -0.396. The molecule has 2 heterocycles. The molecule has 0 spiro atoms. The van der Waals surface area contributed by atoms with E-state index in [1.807, 2.05) is 6.92 Å². The van der Waals surface area contributed by atoms with Gasteiger partial charge in [-0.15, -0.1) is 16.8 Å². The molecule has 32 heavy (non-hydrogen) atoms. The van der Waals surface area contributed by atoms with Crippen LogP contribution >= 0.6 is 11.6 Å². The Hall–Kier alpha value is -2.91. The van der Waals surface area contributed by atoms with Crippen LogP contribution in [0.25, 0.3) is 6.08 Å². The highest BCUT2D eigenvalue weighted by Gasteiger charge is 2.25. The number of nitro groups is 2. The van der Waals surface area contributed by atoms with Gasteiger partial charge in [-0.3, -0.25) is 4.84 Å². The Morgan fingerprint density at radius 1 is 1.31 bits per heavy atom. The molecular weight excluding hydrogens is 446 g/mol. The van der Waals surface area contributed by atoms with Crippen molar-refractivity contribution in [1.29, 1.82) is 0 Å². The van der Waals surface area contributed by atoms with E-state index in [9.17, 15) is 20.2 Å².